The van der Waals surface area contributed by atoms with Gasteiger partial charge in [-0.3, -0.25) is 0 Å². The summed E-state index contributed by atoms with van der Waals surface area (Å²) in [5.74, 6) is 0.850. The number of imidazole rings is 1. The highest BCUT2D eigenvalue weighted by Gasteiger charge is 2.47. The maximum Gasteiger partial charge on any atom is 0.339 e. The molecular weight excluding hydrogens is 391 g/mol. The van der Waals surface area contributed by atoms with Crippen LogP contribution in [0, 0.1) is 5.82 Å². The minimum absolute atomic E-state index is 0.203. The molecule has 1 aliphatic carbocycles. The molecule has 1 fully saturated rings. The van der Waals surface area contributed by atoms with Crippen LogP contribution in [0.4, 0.5) is 4.39 Å². The van der Waals surface area contributed by atoms with E-state index in [0.717, 1.165) is 59.2 Å². The number of halogens is 1. The number of aromatic amines is 1. The van der Waals surface area contributed by atoms with Gasteiger partial charge in [0.1, 0.15) is 17.2 Å². The summed E-state index contributed by atoms with van der Waals surface area (Å²) in [6.07, 6.45) is 3.43. The zero-order valence-electron chi connectivity index (χ0n) is 16.9. The fourth-order valence-electron chi connectivity index (χ4n) is 5.12. The quantitative estimate of drug-likeness (QED) is 0.405. The molecule has 3 aromatic carbocycles. The molecule has 0 saturated heterocycles. The van der Waals surface area contributed by atoms with Crippen LogP contribution in [0.15, 0.2) is 66.7 Å². The summed E-state index contributed by atoms with van der Waals surface area (Å²) in [5, 5.41) is 0. The largest absolute Gasteiger partial charge is 0.451 e. The smallest absolute Gasteiger partial charge is 0.339 e. The second kappa shape index (κ2) is 6.77. The Balaban J connectivity index is 1.25. The molecule has 0 atom stereocenters. The van der Waals surface area contributed by atoms with E-state index in [9.17, 15) is 9.18 Å². The molecule has 31 heavy (non-hydrogen) atoms. The normalized spacial score (nSPS) is 22.6. The van der Waals surface area contributed by atoms with Gasteiger partial charge >= 0.3 is 5.97 Å². The molecular formula is C26H21FN2O2. The summed E-state index contributed by atoms with van der Waals surface area (Å²) in [5.41, 5.74) is 5.17. The Morgan fingerprint density at radius 2 is 1.71 bits per heavy atom. The molecule has 0 radical (unpaired) electrons. The minimum atomic E-state index is -0.480. The molecule has 6 rings (SSSR count). The first-order chi connectivity index (χ1) is 15.1. The van der Waals surface area contributed by atoms with Gasteiger partial charge in [0.05, 0.1) is 16.6 Å². The van der Waals surface area contributed by atoms with E-state index in [2.05, 4.69) is 11.1 Å². The van der Waals surface area contributed by atoms with Crippen LogP contribution < -0.4 is 0 Å². The van der Waals surface area contributed by atoms with E-state index in [-0.39, 0.29) is 11.8 Å². The van der Waals surface area contributed by atoms with Gasteiger partial charge in [0, 0.05) is 11.5 Å². The Hall–Kier alpha value is -3.47. The van der Waals surface area contributed by atoms with Crippen LogP contribution in [0.1, 0.15) is 53.3 Å². The van der Waals surface area contributed by atoms with Crippen molar-refractivity contribution in [3.63, 3.8) is 0 Å². The van der Waals surface area contributed by atoms with Crippen LogP contribution >= 0.6 is 0 Å². The van der Waals surface area contributed by atoms with Crippen molar-refractivity contribution in [3.05, 3.63) is 89.5 Å². The van der Waals surface area contributed by atoms with Gasteiger partial charge < -0.3 is 9.72 Å². The lowest BCUT2D eigenvalue weighted by Crippen LogP contribution is -2.31. The Morgan fingerprint density at radius 1 is 0.968 bits per heavy atom. The van der Waals surface area contributed by atoms with E-state index in [1.165, 1.54) is 12.1 Å². The molecule has 2 aliphatic rings. The highest BCUT2D eigenvalue weighted by Crippen LogP contribution is 2.49. The lowest BCUT2D eigenvalue weighted by Gasteiger charge is -2.35. The van der Waals surface area contributed by atoms with Gasteiger partial charge in [-0.1, -0.05) is 36.4 Å². The first-order valence-electron chi connectivity index (χ1n) is 10.7. The molecule has 1 spiro atoms. The number of benzene rings is 3. The zero-order chi connectivity index (χ0) is 21.0. The van der Waals surface area contributed by atoms with Crippen LogP contribution in [-0.4, -0.2) is 15.9 Å². The van der Waals surface area contributed by atoms with Gasteiger partial charge in [-0.25, -0.2) is 14.2 Å². The van der Waals surface area contributed by atoms with Crippen molar-refractivity contribution in [1.29, 1.82) is 0 Å². The number of carbonyl (C=O) groups is 1. The van der Waals surface area contributed by atoms with Crippen molar-refractivity contribution < 1.29 is 13.9 Å². The van der Waals surface area contributed by atoms with Crippen LogP contribution in [0.2, 0.25) is 0 Å². The van der Waals surface area contributed by atoms with E-state index in [0.29, 0.717) is 11.5 Å². The number of rotatable bonds is 2. The molecule has 4 aromatic rings. The number of esters is 1. The number of hydrogen-bond acceptors (Lipinski definition) is 3. The fraction of sp³-hybridized carbons (Fsp3) is 0.231. The van der Waals surface area contributed by atoms with Gasteiger partial charge in [0.2, 0.25) is 0 Å². The van der Waals surface area contributed by atoms with Crippen molar-refractivity contribution in [1.82, 2.24) is 9.97 Å². The van der Waals surface area contributed by atoms with E-state index in [1.807, 2.05) is 36.4 Å². The molecule has 4 nitrogen and oxygen atoms in total. The van der Waals surface area contributed by atoms with E-state index < -0.39 is 5.60 Å². The number of carbonyl (C=O) groups excluding carboxylic acids is 1. The molecule has 154 valence electrons. The Labute approximate surface area is 179 Å². The Bertz CT molecular complexity index is 1300. The van der Waals surface area contributed by atoms with E-state index >= 15 is 0 Å². The number of ether oxygens (including phenoxy) is 1. The molecule has 1 saturated carbocycles. The van der Waals surface area contributed by atoms with Crippen molar-refractivity contribution in [2.24, 2.45) is 0 Å². The number of H-pyrrole nitrogens is 1. The number of nitrogens with one attached hydrogen (secondary N) is 1. The van der Waals surface area contributed by atoms with Crippen molar-refractivity contribution in [3.8, 4) is 11.1 Å². The minimum Gasteiger partial charge on any atom is -0.451 e. The van der Waals surface area contributed by atoms with Crippen LogP contribution in [-0.2, 0) is 10.3 Å². The maximum absolute atomic E-state index is 13.2. The number of hydrogen-bond donors (Lipinski definition) is 1. The molecule has 1 N–H and O–H groups in total. The molecule has 5 heteroatoms. The molecule has 1 aliphatic heterocycles. The molecule has 1 aromatic heterocycles. The predicted octanol–water partition coefficient (Wildman–Crippen LogP) is 6.09. The predicted molar refractivity (Wildman–Crippen MR) is 116 cm³/mol. The van der Waals surface area contributed by atoms with Crippen LogP contribution in [0.3, 0.4) is 0 Å². The third-order valence-corrected chi connectivity index (χ3v) is 6.78. The monoisotopic (exact) mass is 412 g/mol. The summed E-state index contributed by atoms with van der Waals surface area (Å²) in [4.78, 5) is 20.7. The third-order valence-electron chi connectivity index (χ3n) is 6.78. The third kappa shape index (κ3) is 2.95. The van der Waals surface area contributed by atoms with Crippen molar-refractivity contribution >= 4 is 17.0 Å². The van der Waals surface area contributed by atoms with Gasteiger partial charge in [-0.05, 0) is 67.1 Å². The zero-order valence-corrected chi connectivity index (χ0v) is 16.9. The summed E-state index contributed by atoms with van der Waals surface area (Å²) in [6, 6.07) is 20.4. The average Bonchev–Trinajstić information content (AvgIpc) is 3.34. The SMILES string of the molecule is O=C1OC2(CCC(c3nc4ccc(-c5ccc(F)cc5)cc4[nH]3)CC2)c2ccccc21. The van der Waals surface area contributed by atoms with E-state index in [4.69, 9.17) is 9.72 Å². The molecule has 2 heterocycles. The summed E-state index contributed by atoms with van der Waals surface area (Å²) in [7, 11) is 0. The Morgan fingerprint density at radius 3 is 2.52 bits per heavy atom. The summed E-state index contributed by atoms with van der Waals surface area (Å²) in [6.45, 7) is 0. The highest BCUT2D eigenvalue weighted by molar-refractivity contribution is 5.94. The van der Waals surface area contributed by atoms with E-state index in [1.54, 1.807) is 12.1 Å². The fourth-order valence-corrected chi connectivity index (χ4v) is 5.12. The maximum atomic E-state index is 13.2. The average molecular weight is 412 g/mol. The summed E-state index contributed by atoms with van der Waals surface area (Å²) < 4.78 is 19.1. The molecule has 0 amide bonds. The standard InChI is InChI=1S/C26H21FN2O2/c27-19-8-5-16(6-9-19)18-7-10-22-23(15-18)29-24(28-22)17-11-13-26(14-12-17)21-4-2-1-3-20(21)25(30)31-26/h1-10,15,17H,11-14H2,(H,28,29). The number of aromatic nitrogens is 2. The lowest BCUT2D eigenvalue weighted by atomic mass is 9.75. The second-order valence-electron chi connectivity index (χ2n) is 8.56. The van der Waals surface area contributed by atoms with Crippen molar-refractivity contribution in [2.75, 3.05) is 0 Å². The Kier molecular flexibility index (Phi) is 4.00. The number of nitrogens with zero attached hydrogens (tertiary/aromatic N) is 1. The molecule has 0 bridgehead atoms. The first kappa shape index (κ1) is 18.3. The van der Waals surface area contributed by atoms with Crippen molar-refractivity contribution in [2.45, 2.75) is 37.2 Å². The topological polar surface area (TPSA) is 55.0 Å². The van der Waals surface area contributed by atoms with Crippen LogP contribution in [0.5, 0.6) is 0 Å². The lowest BCUT2D eigenvalue weighted by molar-refractivity contribution is -0.0312. The summed E-state index contributed by atoms with van der Waals surface area (Å²) >= 11 is 0. The van der Waals surface area contributed by atoms with Crippen LogP contribution in [0.25, 0.3) is 22.2 Å². The van der Waals surface area contributed by atoms with Gasteiger partial charge in [0.25, 0.3) is 0 Å². The van der Waals surface area contributed by atoms with Gasteiger partial charge in [0.15, 0.2) is 0 Å². The molecule has 0 unspecified atom stereocenters. The number of fused-ring (bicyclic) bond motifs is 3. The highest BCUT2D eigenvalue weighted by atomic mass is 19.1. The van der Waals surface area contributed by atoms with Gasteiger partial charge in [-0.15, -0.1) is 0 Å². The van der Waals surface area contributed by atoms with Gasteiger partial charge in [-0.2, -0.15) is 0 Å². The first-order valence-corrected chi connectivity index (χ1v) is 10.7. The second-order valence-corrected chi connectivity index (χ2v) is 8.56.